The van der Waals surface area contributed by atoms with Crippen LogP contribution in [0.1, 0.15) is 33.8 Å². The maximum atomic E-state index is 11.4. The number of fused-ring (bicyclic) bond motifs is 1. The maximum Gasteiger partial charge on any atom is 0.188 e. The minimum Gasteiger partial charge on any atom is -0.289 e. The van der Waals surface area contributed by atoms with Crippen molar-refractivity contribution in [2.45, 2.75) is 19.8 Å². The SMILES string of the molecule is Cc1nsc2c1C(=O)C=CC2C. The van der Waals surface area contributed by atoms with Crippen molar-refractivity contribution in [3.8, 4) is 0 Å². The van der Waals surface area contributed by atoms with E-state index in [1.807, 2.05) is 13.0 Å². The zero-order valence-electron chi connectivity index (χ0n) is 7.00. The molecule has 1 heterocycles. The zero-order chi connectivity index (χ0) is 8.72. The van der Waals surface area contributed by atoms with Crippen LogP contribution >= 0.6 is 11.5 Å². The number of carbonyl (C=O) groups is 1. The molecule has 0 spiro atoms. The lowest BCUT2D eigenvalue weighted by Gasteiger charge is -2.09. The Morgan fingerprint density at radius 2 is 2.33 bits per heavy atom. The predicted octanol–water partition coefficient (Wildman–Crippen LogP) is 2.31. The Kier molecular flexibility index (Phi) is 1.61. The number of carbonyl (C=O) groups excluding carboxylic acids is 1. The first-order valence-electron chi connectivity index (χ1n) is 3.89. The zero-order valence-corrected chi connectivity index (χ0v) is 7.81. The summed E-state index contributed by atoms with van der Waals surface area (Å²) in [5.74, 6) is 0.457. The standard InChI is InChI=1S/C9H9NOS/c1-5-3-4-7(11)8-6(2)10-12-9(5)8/h3-5H,1-2H3. The van der Waals surface area contributed by atoms with Crippen LogP contribution < -0.4 is 0 Å². The third-order valence-electron chi connectivity index (χ3n) is 2.09. The molecule has 1 aliphatic rings. The number of ketones is 1. The molecule has 0 aliphatic heterocycles. The van der Waals surface area contributed by atoms with Crippen LogP contribution in [0.3, 0.4) is 0 Å². The molecule has 0 fully saturated rings. The second kappa shape index (κ2) is 2.52. The monoisotopic (exact) mass is 179 g/mol. The first-order valence-corrected chi connectivity index (χ1v) is 4.66. The number of nitrogens with zero attached hydrogens (tertiary/aromatic N) is 1. The molecule has 1 unspecified atom stereocenters. The molecule has 1 aromatic rings. The van der Waals surface area contributed by atoms with E-state index in [4.69, 9.17) is 0 Å². The summed E-state index contributed by atoms with van der Waals surface area (Å²) in [6.45, 7) is 3.97. The second-order valence-electron chi connectivity index (χ2n) is 3.02. The summed E-state index contributed by atoms with van der Waals surface area (Å²) in [7, 11) is 0. The molecule has 0 radical (unpaired) electrons. The van der Waals surface area contributed by atoms with Gasteiger partial charge in [-0.05, 0) is 24.5 Å². The van der Waals surface area contributed by atoms with Crippen molar-refractivity contribution in [3.63, 3.8) is 0 Å². The van der Waals surface area contributed by atoms with Gasteiger partial charge < -0.3 is 0 Å². The number of rotatable bonds is 0. The lowest BCUT2D eigenvalue weighted by Crippen LogP contribution is -2.06. The summed E-state index contributed by atoms with van der Waals surface area (Å²) in [5, 5.41) is 0. The molecule has 0 bridgehead atoms. The van der Waals surface area contributed by atoms with Crippen molar-refractivity contribution in [2.24, 2.45) is 0 Å². The van der Waals surface area contributed by atoms with Crippen LogP contribution in [0.25, 0.3) is 0 Å². The highest BCUT2D eigenvalue weighted by Crippen LogP contribution is 2.31. The summed E-state index contributed by atoms with van der Waals surface area (Å²) < 4.78 is 4.18. The van der Waals surface area contributed by atoms with E-state index >= 15 is 0 Å². The molecule has 0 N–H and O–H groups in total. The summed E-state index contributed by atoms with van der Waals surface area (Å²) in [5.41, 5.74) is 1.70. The minimum absolute atomic E-state index is 0.106. The van der Waals surface area contributed by atoms with E-state index in [0.717, 1.165) is 16.1 Å². The van der Waals surface area contributed by atoms with Gasteiger partial charge in [0.05, 0.1) is 11.3 Å². The van der Waals surface area contributed by atoms with Crippen molar-refractivity contribution in [3.05, 3.63) is 28.3 Å². The fraction of sp³-hybridized carbons (Fsp3) is 0.333. The van der Waals surface area contributed by atoms with E-state index < -0.39 is 0 Å². The highest BCUT2D eigenvalue weighted by atomic mass is 32.1. The quantitative estimate of drug-likeness (QED) is 0.611. The van der Waals surface area contributed by atoms with Crippen LogP contribution in [0.2, 0.25) is 0 Å². The predicted molar refractivity (Wildman–Crippen MR) is 48.7 cm³/mol. The van der Waals surface area contributed by atoms with E-state index in [0.29, 0.717) is 5.92 Å². The number of allylic oxidation sites excluding steroid dienone is 2. The lowest BCUT2D eigenvalue weighted by atomic mass is 9.95. The van der Waals surface area contributed by atoms with Crippen molar-refractivity contribution >= 4 is 17.3 Å². The van der Waals surface area contributed by atoms with Gasteiger partial charge in [-0.15, -0.1) is 0 Å². The molecule has 0 aromatic carbocycles. The fourth-order valence-corrected chi connectivity index (χ4v) is 2.31. The molecule has 3 heteroatoms. The molecular formula is C9H9NOS. The Balaban J connectivity index is 2.64. The van der Waals surface area contributed by atoms with Gasteiger partial charge in [0.15, 0.2) is 5.78 Å². The molecule has 62 valence electrons. The summed E-state index contributed by atoms with van der Waals surface area (Å²) in [6.07, 6.45) is 3.58. The van der Waals surface area contributed by atoms with Gasteiger partial charge in [0.1, 0.15) is 0 Å². The normalized spacial score (nSPS) is 21.2. The largest absolute Gasteiger partial charge is 0.289 e. The van der Waals surface area contributed by atoms with E-state index in [1.54, 1.807) is 6.08 Å². The molecule has 2 nitrogen and oxygen atoms in total. The minimum atomic E-state index is 0.106. The highest BCUT2D eigenvalue weighted by Gasteiger charge is 2.22. The van der Waals surface area contributed by atoms with Gasteiger partial charge in [-0.1, -0.05) is 13.0 Å². The number of aryl methyl sites for hydroxylation is 1. The lowest BCUT2D eigenvalue weighted by molar-refractivity contribution is 0.104. The third-order valence-corrected chi connectivity index (χ3v) is 3.22. The average molecular weight is 179 g/mol. The Morgan fingerprint density at radius 1 is 1.58 bits per heavy atom. The van der Waals surface area contributed by atoms with Gasteiger partial charge in [0.25, 0.3) is 0 Å². The van der Waals surface area contributed by atoms with Gasteiger partial charge in [0.2, 0.25) is 0 Å². The molecule has 12 heavy (non-hydrogen) atoms. The summed E-state index contributed by atoms with van der Waals surface area (Å²) in [6, 6.07) is 0. The van der Waals surface area contributed by atoms with Crippen molar-refractivity contribution in [2.75, 3.05) is 0 Å². The molecule has 2 rings (SSSR count). The van der Waals surface area contributed by atoms with Crippen LogP contribution in [-0.4, -0.2) is 10.2 Å². The molecule has 0 amide bonds. The fourth-order valence-electron chi connectivity index (χ4n) is 1.40. The molecule has 0 saturated heterocycles. The van der Waals surface area contributed by atoms with Gasteiger partial charge in [-0.3, -0.25) is 4.79 Å². The second-order valence-corrected chi connectivity index (χ2v) is 3.82. The van der Waals surface area contributed by atoms with Crippen LogP contribution in [0, 0.1) is 6.92 Å². The first-order chi connectivity index (χ1) is 5.70. The number of hydrogen-bond acceptors (Lipinski definition) is 3. The smallest absolute Gasteiger partial charge is 0.188 e. The third kappa shape index (κ3) is 0.932. The molecule has 0 saturated carbocycles. The Hall–Kier alpha value is -0.960. The molecule has 1 aliphatic carbocycles. The first kappa shape index (κ1) is 7.68. The maximum absolute atomic E-state index is 11.4. The van der Waals surface area contributed by atoms with Crippen LogP contribution in [0.5, 0.6) is 0 Å². The Bertz CT molecular complexity index is 365. The van der Waals surface area contributed by atoms with Gasteiger partial charge in [-0.25, -0.2) is 0 Å². The molecular weight excluding hydrogens is 170 g/mol. The topological polar surface area (TPSA) is 30.0 Å². The Labute approximate surface area is 75.1 Å². The summed E-state index contributed by atoms with van der Waals surface area (Å²) in [4.78, 5) is 12.5. The van der Waals surface area contributed by atoms with Crippen molar-refractivity contribution < 1.29 is 4.79 Å². The molecule has 1 atom stereocenters. The number of aromatic nitrogens is 1. The number of hydrogen-bond donors (Lipinski definition) is 0. The van der Waals surface area contributed by atoms with Gasteiger partial charge in [-0.2, -0.15) is 4.37 Å². The van der Waals surface area contributed by atoms with Gasteiger partial charge >= 0.3 is 0 Å². The van der Waals surface area contributed by atoms with Crippen molar-refractivity contribution in [1.29, 1.82) is 0 Å². The van der Waals surface area contributed by atoms with Crippen LogP contribution in [-0.2, 0) is 0 Å². The van der Waals surface area contributed by atoms with Crippen LogP contribution in [0.4, 0.5) is 0 Å². The Morgan fingerprint density at radius 3 is 3.00 bits per heavy atom. The van der Waals surface area contributed by atoms with Crippen LogP contribution in [0.15, 0.2) is 12.2 Å². The summed E-state index contributed by atoms with van der Waals surface area (Å²) >= 11 is 1.44. The van der Waals surface area contributed by atoms with E-state index in [1.165, 1.54) is 11.5 Å². The van der Waals surface area contributed by atoms with Gasteiger partial charge in [0, 0.05) is 10.8 Å². The average Bonchev–Trinajstić information content (AvgIpc) is 2.42. The van der Waals surface area contributed by atoms with Crippen molar-refractivity contribution in [1.82, 2.24) is 4.37 Å². The van der Waals surface area contributed by atoms with E-state index in [9.17, 15) is 4.79 Å². The van der Waals surface area contributed by atoms with E-state index in [-0.39, 0.29) is 5.78 Å². The van der Waals surface area contributed by atoms with E-state index in [2.05, 4.69) is 11.3 Å². The molecule has 1 aromatic heterocycles. The highest BCUT2D eigenvalue weighted by molar-refractivity contribution is 7.06.